The minimum atomic E-state index is -4.93. The molecule has 0 saturated heterocycles. The van der Waals surface area contributed by atoms with Crippen molar-refractivity contribution in [3.8, 4) is 0 Å². The molecule has 0 N–H and O–H groups in total. The van der Waals surface area contributed by atoms with Gasteiger partial charge in [-0.15, -0.1) is 0 Å². The fourth-order valence-electron chi connectivity index (χ4n) is 0.984. The average molecular weight is 257 g/mol. The number of benzene rings is 1. The third-order valence-electron chi connectivity index (χ3n) is 1.75. The van der Waals surface area contributed by atoms with Crippen LogP contribution >= 0.6 is 23.2 Å². The molecule has 0 heterocycles. The predicted molar refractivity (Wildman–Crippen MR) is 51.6 cm³/mol. The van der Waals surface area contributed by atoms with Gasteiger partial charge < -0.3 is 0 Å². The molecule has 1 aromatic rings. The molecule has 1 nitrogen and oxygen atoms in total. The summed E-state index contributed by atoms with van der Waals surface area (Å²) in [4.78, 5) is 10.9. The summed E-state index contributed by atoms with van der Waals surface area (Å²) in [7, 11) is 0. The van der Waals surface area contributed by atoms with E-state index in [1.165, 1.54) is 6.92 Å². The Bertz CT molecular complexity index is 413. The first kappa shape index (κ1) is 12.3. The van der Waals surface area contributed by atoms with Crippen molar-refractivity contribution in [2.75, 3.05) is 0 Å². The maximum absolute atomic E-state index is 12.1. The third-order valence-corrected chi connectivity index (χ3v) is 2.47. The lowest BCUT2D eigenvalue weighted by atomic mass is 10.1. The van der Waals surface area contributed by atoms with Crippen LogP contribution in [0.2, 0.25) is 10.0 Å². The van der Waals surface area contributed by atoms with Gasteiger partial charge in [-0.1, -0.05) is 23.2 Å². The van der Waals surface area contributed by atoms with Gasteiger partial charge in [0.1, 0.15) is 0 Å². The predicted octanol–water partition coefficient (Wildman–Crippen LogP) is 4.05. The van der Waals surface area contributed by atoms with Gasteiger partial charge in [-0.25, -0.2) is 0 Å². The van der Waals surface area contributed by atoms with Gasteiger partial charge in [0.2, 0.25) is 0 Å². The summed E-state index contributed by atoms with van der Waals surface area (Å²) in [5, 5.41) is -0.0772. The Morgan fingerprint density at radius 3 is 2.20 bits per heavy atom. The van der Waals surface area contributed by atoms with E-state index in [0.29, 0.717) is 5.56 Å². The first-order valence-electron chi connectivity index (χ1n) is 3.80. The summed E-state index contributed by atoms with van der Waals surface area (Å²) >= 11 is 11.1. The van der Waals surface area contributed by atoms with Gasteiger partial charge in [0.05, 0.1) is 5.02 Å². The molecule has 0 aliphatic carbocycles. The second-order valence-electron chi connectivity index (χ2n) is 2.91. The van der Waals surface area contributed by atoms with Crippen molar-refractivity contribution in [3.05, 3.63) is 33.3 Å². The number of aryl methyl sites for hydroxylation is 1. The van der Waals surface area contributed by atoms with E-state index >= 15 is 0 Å². The van der Waals surface area contributed by atoms with Crippen molar-refractivity contribution in [2.45, 2.75) is 13.1 Å². The molecule has 0 radical (unpaired) electrons. The number of halogens is 5. The second-order valence-corrected chi connectivity index (χ2v) is 3.72. The molecule has 0 aromatic heterocycles. The first-order valence-corrected chi connectivity index (χ1v) is 4.56. The van der Waals surface area contributed by atoms with Crippen molar-refractivity contribution in [3.63, 3.8) is 0 Å². The van der Waals surface area contributed by atoms with Gasteiger partial charge in [0.25, 0.3) is 5.78 Å². The number of hydrogen-bond donors (Lipinski definition) is 0. The molecule has 0 saturated carbocycles. The first-order chi connectivity index (χ1) is 6.73. The lowest BCUT2D eigenvalue weighted by molar-refractivity contribution is -0.0885. The third kappa shape index (κ3) is 2.63. The highest BCUT2D eigenvalue weighted by Gasteiger charge is 2.40. The molecule has 0 bridgehead atoms. The summed E-state index contributed by atoms with van der Waals surface area (Å²) in [5.74, 6) is -1.97. The highest BCUT2D eigenvalue weighted by atomic mass is 35.5. The molecule has 0 aliphatic rings. The Morgan fingerprint density at radius 1 is 1.20 bits per heavy atom. The van der Waals surface area contributed by atoms with Gasteiger partial charge >= 0.3 is 6.18 Å². The lowest BCUT2D eigenvalue weighted by Gasteiger charge is -2.08. The fourth-order valence-corrected chi connectivity index (χ4v) is 1.45. The topological polar surface area (TPSA) is 17.1 Å². The summed E-state index contributed by atoms with van der Waals surface area (Å²) in [5.41, 5.74) is -0.209. The van der Waals surface area contributed by atoms with E-state index in [9.17, 15) is 18.0 Å². The number of Topliss-reactive ketones (excluding diaryl/α,β-unsaturated/α-hetero) is 1. The monoisotopic (exact) mass is 256 g/mol. The van der Waals surface area contributed by atoms with Crippen LogP contribution < -0.4 is 0 Å². The van der Waals surface area contributed by atoms with Crippen LogP contribution in [-0.4, -0.2) is 12.0 Å². The van der Waals surface area contributed by atoms with Crippen LogP contribution in [0, 0.1) is 6.92 Å². The van der Waals surface area contributed by atoms with Gasteiger partial charge in [-0.05, 0) is 24.6 Å². The van der Waals surface area contributed by atoms with Crippen LogP contribution in [0.5, 0.6) is 0 Å². The SMILES string of the molecule is Cc1cc(C(=O)C(F)(F)F)c(Cl)cc1Cl. The highest BCUT2D eigenvalue weighted by Crippen LogP contribution is 2.30. The Hall–Kier alpha value is -0.740. The van der Waals surface area contributed by atoms with Crippen LogP contribution in [-0.2, 0) is 0 Å². The molecule has 0 amide bonds. The molecule has 0 fully saturated rings. The van der Waals surface area contributed by atoms with Crippen LogP contribution in [0.3, 0.4) is 0 Å². The van der Waals surface area contributed by atoms with Gasteiger partial charge in [-0.2, -0.15) is 13.2 Å². The highest BCUT2D eigenvalue weighted by molar-refractivity contribution is 6.37. The van der Waals surface area contributed by atoms with Crippen LogP contribution in [0.15, 0.2) is 12.1 Å². The molecule has 15 heavy (non-hydrogen) atoms. The number of alkyl halides is 3. The minimum absolute atomic E-state index is 0.221. The molecule has 0 atom stereocenters. The standard InChI is InChI=1S/C9H5Cl2F3O/c1-4-2-5(7(11)3-6(4)10)8(15)9(12,13)14/h2-3H,1H3. The molecule has 0 spiro atoms. The molecule has 0 aliphatic heterocycles. The zero-order valence-corrected chi connectivity index (χ0v) is 8.96. The minimum Gasteiger partial charge on any atom is -0.284 e. The number of ketones is 1. The zero-order chi connectivity index (χ0) is 11.8. The van der Waals surface area contributed by atoms with E-state index in [2.05, 4.69) is 0 Å². The molecule has 6 heteroatoms. The molecule has 0 unspecified atom stereocenters. The van der Waals surface area contributed by atoms with Crippen LogP contribution in [0.25, 0.3) is 0 Å². The Kier molecular flexibility index (Phi) is 3.31. The summed E-state index contributed by atoms with van der Waals surface area (Å²) < 4.78 is 36.3. The van der Waals surface area contributed by atoms with Crippen molar-refractivity contribution >= 4 is 29.0 Å². The molecule has 1 aromatic carbocycles. The number of carbonyl (C=O) groups is 1. The number of rotatable bonds is 1. The second kappa shape index (κ2) is 4.02. The van der Waals surface area contributed by atoms with E-state index in [-0.39, 0.29) is 10.0 Å². The molecular formula is C9H5Cl2F3O. The van der Waals surface area contributed by atoms with Crippen molar-refractivity contribution in [1.82, 2.24) is 0 Å². The van der Waals surface area contributed by atoms with Crippen molar-refractivity contribution in [1.29, 1.82) is 0 Å². The summed E-state index contributed by atoms with van der Waals surface area (Å²) in [6, 6.07) is 2.15. The summed E-state index contributed by atoms with van der Waals surface area (Å²) in [6.45, 7) is 1.49. The van der Waals surface area contributed by atoms with Crippen molar-refractivity contribution in [2.24, 2.45) is 0 Å². The van der Waals surface area contributed by atoms with E-state index in [4.69, 9.17) is 23.2 Å². The molecule has 1 rings (SSSR count). The zero-order valence-electron chi connectivity index (χ0n) is 7.45. The van der Waals surface area contributed by atoms with Gasteiger partial charge in [0, 0.05) is 10.6 Å². The number of hydrogen-bond acceptors (Lipinski definition) is 1. The Labute approximate surface area is 93.8 Å². The van der Waals surface area contributed by atoms with E-state index in [0.717, 1.165) is 12.1 Å². The van der Waals surface area contributed by atoms with Gasteiger partial charge in [0.15, 0.2) is 0 Å². The van der Waals surface area contributed by atoms with E-state index in [1.54, 1.807) is 0 Å². The van der Waals surface area contributed by atoms with Crippen LogP contribution in [0.1, 0.15) is 15.9 Å². The van der Waals surface area contributed by atoms with Gasteiger partial charge in [-0.3, -0.25) is 4.79 Å². The largest absolute Gasteiger partial charge is 0.454 e. The fraction of sp³-hybridized carbons (Fsp3) is 0.222. The van der Waals surface area contributed by atoms with Crippen LogP contribution in [0.4, 0.5) is 13.2 Å². The Balaban J connectivity index is 3.28. The number of carbonyl (C=O) groups excluding carboxylic acids is 1. The maximum Gasteiger partial charge on any atom is 0.454 e. The quantitative estimate of drug-likeness (QED) is 0.693. The summed E-state index contributed by atoms with van der Waals surface area (Å²) in [6.07, 6.45) is -4.93. The van der Waals surface area contributed by atoms with E-state index < -0.39 is 17.5 Å². The smallest absolute Gasteiger partial charge is 0.284 e. The average Bonchev–Trinajstić information content (AvgIpc) is 2.08. The van der Waals surface area contributed by atoms with Crippen molar-refractivity contribution < 1.29 is 18.0 Å². The van der Waals surface area contributed by atoms with E-state index in [1.807, 2.05) is 0 Å². The normalized spacial score (nSPS) is 11.6. The molecule has 82 valence electrons. The molecular weight excluding hydrogens is 252 g/mol. The lowest BCUT2D eigenvalue weighted by Crippen LogP contribution is -2.23. The Morgan fingerprint density at radius 2 is 1.73 bits per heavy atom. The maximum atomic E-state index is 12.1.